The molecule has 21 heavy (non-hydrogen) atoms. The van der Waals surface area contributed by atoms with Crippen LogP contribution >= 0.6 is 11.6 Å². The molecule has 1 heterocycles. The third-order valence-electron chi connectivity index (χ3n) is 3.36. The van der Waals surface area contributed by atoms with Crippen molar-refractivity contribution in [2.45, 2.75) is 6.42 Å². The van der Waals surface area contributed by atoms with Crippen molar-refractivity contribution in [3.05, 3.63) is 65.3 Å². The molecule has 0 aliphatic heterocycles. The van der Waals surface area contributed by atoms with Crippen molar-refractivity contribution in [2.24, 2.45) is 0 Å². The number of nitriles is 1. The van der Waals surface area contributed by atoms with Gasteiger partial charge in [-0.3, -0.25) is 4.79 Å². The Morgan fingerprint density at radius 3 is 2.81 bits per heavy atom. The molecule has 3 rings (SSSR count). The molecule has 102 valence electrons. The highest BCUT2D eigenvalue weighted by molar-refractivity contribution is 6.31. The molecule has 0 bridgehead atoms. The Morgan fingerprint density at radius 1 is 1.19 bits per heavy atom. The number of fused-ring (bicyclic) bond motifs is 1. The largest absolute Gasteiger partial charge is 0.316 e. The smallest absolute Gasteiger partial charge is 0.178 e. The van der Waals surface area contributed by atoms with Crippen molar-refractivity contribution in [2.75, 3.05) is 0 Å². The Kier molecular flexibility index (Phi) is 3.47. The van der Waals surface area contributed by atoms with E-state index in [1.54, 1.807) is 12.1 Å². The normalized spacial score (nSPS) is 10.5. The molecular formula is C17H11ClN2O. The second-order valence-corrected chi connectivity index (χ2v) is 5.10. The maximum absolute atomic E-state index is 12.1. The van der Waals surface area contributed by atoms with Crippen molar-refractivity contribution in [1.29, 1.82) is 5.26 Å². The molecule has 0 spiro atoms. The molecule has 0 aliphatic rings. The van der Waals surface area contributed by atoms with Gasteiger partial charge in [-0.15, -0.1) is 0 Å². The van der Waals surface area contributed by atoms with E-state index in [0.29, 0.717) is 10.6 Å². The number of carbonyl (C=O) groups excluding carboxylic acids is 1. The molecule has 4 heteroatoms. The van der Waals surface area contributed by atoms with Gasteiger partial charge in [0.2, 0.25) is 0 Å². The summed E-state index contributed by atoms with van der Waals surface area (Å²) < 4.78 is 1.94. The Morgan fingerprint density at radius 2 is 2.00 bits per heavy atom. The summed E-state index contributed by atoms with van der Waals surface area (Å²) in [6.45, 7) is 0. The molecule has 3 nitrogen and oxygen atoms in total. The summed E-state index contributed by atoms with van der Waals surface area (Å²) >= 11 is 6.00. The van der Waals surface area contributed by atoms with Gasteiger partial charge < -0.3 is 4.57 Å². The van der Waals surface area contributed by atoms with Gasteiger partial charge in [-0.05, 0) is 36.4 Å². The van der Waals surface area contributed by atoms with E-state index >= 15 is 0 Å². The predicted octanol–water partition coefficient (Wildman–Crippen LogP) is 4.38. The minimum atomic E-state index is -0.177. The van der Waals surface area contributed by atoms with Gasteiger partial charge in [0.25, 0.3) is 0 Å². The van der Waals surface area contributed by atoms with Crippen LogP contribution in [0.1, 0.15) is 16.8 Å². The van der Waals surface area contributed by atoms with Crippen LogP contribution < -0.4 is 0 Å². The fraction of sp³-hybridized carbons (Fsp3) is 0.0588. The summed E-state index contributed by atoms with van der Waals surface area (Å²) in [6.07, 6.45) is 1.78. The Bertz CT molecular complexity index is 874. The van der Waals surface area contributed by atoms with Crippen molar-refractivity contribution in [3.8, 4) is 11.8 Å². The van der Waals surface area contributed by atoms with Gasteiger partial charge in [0.05, 0.1) is 23.7 Å². The lowest BCUT2D eigenvalue weighted by Gasteiger charge is -2.10. The van der Waals surface area contributed by atoms with E-state index in [1.165, 1.54) is 0 Å². The first kappa shape index (κ1) is 13.4. The molecule has 0 unspecified atom stereocenters. The molecule has 0 amide bonds. The van der Waals surface area contributed by atoms with Gasteiger partial charge in [-0.25, -0.2) is 0 Å². The molecule has 2 aromatic carbocycles. The van der Waals surface area contributed by atoms with Gasteiger partial charge in [0, 0.05) is 22.2 Å². The van der Waals surface area contributed by atoms with Crippen LogP contribution in [0, 0.1) is 11.3 Å². The highest BCUT2D eigenvalue weighted by Gasteiger charge is 2.13. The van der Waals surface area contributed by atoms with E-state index in [1.807, 2.05) is 53.2 Å². The van der Waals surface area contributed by atoms with Crippen LogP contribution in [-0.4, -0.2) is 10.4 Å². The zero-order valence-corrected chi connectivity index (χ0v) is 11.8. The van der Waals surface area contributed by atoms with E-state index in [9.17, 15) is 4.79 Å². The van der Waals surface area contributed by atoms with Gasteiger partial charge in [0.15, 0.2) is 5.78 Å². The number of aromatic nitrogens is 1. The molecule has 0 atom stereocenters. The zero-order chi connectivity index (χ0) is 14.8. The standard InChI is InChI=1S/C17H11ClN2O/c18-13-5-6-15-12(11-13)8-10-20(15)16-4-2-1-3-14(16)17(21)7-9-19/h1-6,8,10-11H,7H2. The number of halogens is 1. The minimum absolute atomic E-state index is 0.123. The van der Waals surface area contributed by atoms with Crippen LogP contribution in [0.2, 0.25) is 5.02 Å². The summed E-state index contributed by atoms with van der Waals surface area (Å²) in [4.78, 5) is 12.1. The van der Waals surface area contributed by atoms with Gasteiger partial charge in [-0.1, -0.05) is 23.7 Å². The molecule has 0 N–H and O–H groups in total. The third-order valence-corrected chi connectivity index (χ3v) is 3.59. The highest BCUT2D eigenvalue weighted by Crippen LogP contribution is 2.25. The first-order valence-electron chi connectivity index (χ1n) is 6.47. The molecule has 0 saturated carbocycles. The number of hydrogen-bond donors (Lipinski definition) is 0. The van der Waals surface area contributed by atoms with Crippen LogP contribution in [0.25, 0.3) is 16.6 Å². The number of Topliss-reactive ketones (excluding diaryl/α,β-unsaturated/α-hetero) is 1. The van der Waals surface area contributed by atoms with E-state index in [-0.39, 0.29) is 12.2 Å². The quantitative estimate of drug-likeness (QED) is 0.673. The first-order chi connectivity index (χ1) is 10.2. The summed E-state index contributed by atoms with van der Waals surface area (Å²) in [6, 6.07) is 16.8. The summed E-state index contributed by atoms with van der Waals surface area (Å²) in [5, 5.41) is 10.4. The molecule has 1 aromatic heterocycles. The van der Waals surface area contributed by atoms with Crippen LogP contribution in [0.5, 0.6) is 0 Å². The van der Waals surface area contributed by atoms with Crippen molar-refractivity contribution in [1.82, 2.24) is 4.57 Å². The Balaban J connectivity index is 2.20. The van der Waals surface area contributed by atoms with Gasteiger partial charge in [0.1, 0.15) is 0 Å². The number of benzene rings is 2. The van der Waals surface area contributed by atoms with E-state index in [0.717, 1.165) is 16.6 Å². The van der Waals surface area contributed by atoms with Gasteiger partial charge >= 0.3 is 0 Å². The summed E-state index contributed by atoms with van der Waals surface area (Å²) in [5.41, 5.74) is 2.29. The fourth-order valence-corrected chi connectivity index (χ4v) is 2.59. The van der Waals surface area contributed by atoms with Crippen LogP contribution in [0.3, 0.4) is 0 Å². The number of nitrogens with zero attached hydrogens (tertiary/aromatic N) is 2. The maximum atomic E-state index is 12.1. The second kappa shape index (κ2) is 5.43. The SMILES string of the molecule is N#CCC(=O)c1ccccc1-n1ccc2cc(Cl)ccc21. The molecule has 0 saturated heterocycles. The number of ketones is 1. The van der Waals surface area contributed by atoms with Crippen LogP contribution in [0.15, 0.2) is 54.7 Å². The Labute approximate surface area is 127 Å². The Hall–Kier alpha value is -2.57. The lowest BCUT2D eigenvalue weighted by atomic mass is 10.1. The molecule has 0 fully saturated rings. The molecule has 3 aromatic rings. The monoisotopic (exact) mass is 294 g/mol. The fourth-order valence-electron chi connectivity index (χ4n) is 2.41. The van der Waals surface area contributed by atoms with Gasteiger partial charge in [-0.2, -0.15) is 5.26 Å². The lowest BCUT2D eigenvalue weighted by Crippen LogP contribution is -2.04. The number of para-hydroxylation sites is 1. The number of hydrogen-bond acceptors (Lipinski definition) is 2. The number of rotatable bonds is 3. The van der Waals surface area contributed by atoms with Crippen molar-refractivity contribution < 1.29 is 4.79 Å². The molecule has 0 radical (unpaired) electrons. The topological polar surface area (TPSA) is 45.8 Å². The predicted molar refractivity (Wildman–Crippen MR) is 82.8 cm³/mol. The van der Waals surface area contributed by atoms with E-state index < -0.39 is 0 Å². The minimum Gasteiger partial charge on any atom is -0.316 e. The first-order valence-corrected chi connectivity index (χ1v) is 6.84. The van der Waals surface area contributed by atoms with Crippen LogP contribution in [-0.2, 0) is 0 Å². The highest BCUT2D eigenvalue weighted by atomic mass is 35.5. The zero-order valence-electron chi connectivity index (χ0n) is 11.1. The third kappa shape index (κ3) is 2.42. The average molecular weight is 295 g/mol. The second-order valence-electron chi connectivity index (χ2n) is 4.66. The van der Waals surface area contributed by atoms with E-state index in [4.69, 9.17) is 16.9 Å². The van der Waals surface area contributed by atoms with E-state index in [2.05, 4.69) is 0 Å². The summed E-state index contributed by atoms with van der Waals surface area (Å²) in [5.74, 6) is -0.177. The van der Waals surface area contributed by atoms with Crippen molar-refractivity contribution in [3.63, 3.8) is 0 Å². The lowest BCUT2D eigenvalue weighted by molar-refractivity contribution is 0.0998. The maximum Gasteiger partial charge on any atom is 0.178 e. The average Bonchev–Trinajstić information content (AvgIpc) is 2.90. The van der Waals surface area contributed by atoms with Crippen LogP contribution in [0.4, 0.5) is 0 Å². The number of carbonyl (C=O) groups is 1. The molecular weight excluding hydrogens is 284 g/mol. The summed E-state index contributed by atoms with van der Waals surface area (Å²) in [7, 11) is 0. The molecule has 0 aliphatic carbocycles. The van der Waals surface area contributed by atoms with Crippen molar-refractivity contribution >= 4 is 28.3 Å².